The van der Waals surface area contributed by atoms with Gasteiger partial charge in [-0.3, -0.25) is 0 Å². The number of rotatable bonds is 10. The molecule has 0 aliphatic rings. The summed E-state index contributed by atoms with van der Waals surface area (Å²) in [5, 5.41) is 11.8. The molecule has 0 N–H and O–H groups in total. The highest BCUT2D eigenvalue weighted by molar-refractivity contribution is 6.30. The number of hydrogen-bond donors (Lipinski definition) is 0. The first-order valence-corrected chi connectivity index (χ1v) is 26.7. The molecule has 0 amide bonds. The monoisotopic (exact) mass is 980 g/mol. The molecule has 0 spiro atoms. The molecular formula is C72H56N2O2. The molecule has 14 aromatic rings. The molecule has 0 fully saturated rings. The molecule has 0 radical (unpaired) electrons. The second-order valence-corrected chi connectivity index (χ2v) is 21.3. The van der Waals surface area contributed by atoms with Crippen LogP contribution in [0, 0.1) is 13.8 Å². The van der Waals surface area contributed by atoms with Crippen LogP contribution < -0.4 is 9.80 Å². The lowest BCUT2D eigenvalue weighted by atomic mass is 9.84. The molecule has 4 nitrogen and oxygen atoms in total. The summed E-state index contributed by atoms with van der Waals surface area (Å²) in [5.41, 5.74) is 19.2. The van der Waals surface area contributed by atoms with Crippen molar-refractivity contribution < 1.29 is 8.83 Å². The fraction of sp³-hybridized carbons (Fsp3) is 0.111. The third-order valence-electron chi connectivity index (χ3n) is 15.9. The highest BCUT2D eigenvalue weighted by Gasteiger charge is 2.29. The van der Waals surface area contributed by atoms with Gasteiger partial charge in [0.1, 0.15) is 11.2 Å². The van der Waals surface area contributed by atoms with Gasteiger partial charge in [-0.05, 0) is 118 Å². The quantitative estimate of drug-likeness (QED) is 0.128. The number of aryl methyl sites for hydroxylation is 2. The lowest BCUT2D eigenvalue weighted by molar-refractivity contribution is 0.670. The Hall–Kier alpha value is -9.12. The summed E-state index contributed by atoms with van der Waals surface area (Å²) in [6, 6.07) is 79.9. The van der Waals surface area contributed by atoms with Crippen LogP contribution in [0.3, 0.4) is 0 Å². The lowest BCUT2D eigenvalue weighted by Crippen LogP contribution is -2.13. The second kappa shape index (κ2) is 17.8. The molecular weight excluding hydrogens is 925 g/mol. The van der Waals surface area contributed by atoms with Gasteiger partial charge in [0.05, 0.1) is 22.7 Å². The third-order valence-corrected chi connectivity index (χ3v) is 15.9. The van der Waals surface area contributed by atoms with Gasteiger partial charge in [-0.1, -0.05) is 209 Å². The third kappa shape index (κ3) is 7.12. The average Bonchev–Trinajstić information content (AvgIpc) is 4.04. The number of hydrogen-bond acceptors (Lipinski definition) is 4. The molecule has 0 saturated heterocycles. The maximum absolute atomic E-state index is 7.22. The Morgan fingerprint density at radius 2 is 0.658 bits per heavy atom. The number of furan rings is 2. The summed E-state index contributed by atoms with van der Waals surface area (Å²) in [4.78, 5) is 4.91. The molecule has 0 aliphatic carbocycles. The van der Waals surface area contributed by atoms with Crippen LogP contribution in [0.2, 0.25) is 0 Å². The van der Waals surface area contributed by atoms with Gasteiger partial charge < -0.3 is 18.6 Å². The van der Waals surface area contributed by atoms with E-state index in [9.17, 15) is 0 Å². The second-order valence-electron chi connectivity index (χ2n) is 21.3. The zero-order valence-electron chi connectivity index (χ0n) is 43.7. The van der Waals surface area contributed by atoms with Crippen LogP contribution in [0.1, 0.15) is 61.8 Å². The number of nitrogens with zero attached hydrogens (tertiary/aromatic N) is 2. The maximum atomic E-state index is 7.22. The zero-order valence-corrected chi connectivity index (χ0v) is 43.7. The summed E-state index contributed by atoms with van der Waals surface area (Å²) < 4.78 is 14.4. The van der Waals surface area contributed by atoms with Crippen LogP contribution in [0.5, 0.6) is 0 Å². The van der Waals surface area contributed by atoms with E-state index in [0.29, 0.717) is 0 Å². The molecule has 0 bridgehead atoms. The lowest BCUT2D eigenvalue weighted by Gasteiger charge is -2.31. The van der Waals surface area contributed by atoms with Crippen LogP contribution in [0.4, 0.5) is 34.1 Å². The van der Waals surface area contributed by atoms with E-state index in [2.05, 4.69) is 270 Å². The Balaban J connectivity index is 1.07. The van der Waals surface area contributed by atoms with Crippen LogP contribution in [-0.2, 0) is 0 Å². The standard InChI is InChI=1S/C72H56N2O2/c1-43(2)61-41-65(73(49-33-29-45(5)30-34-49)63-27-15-25-57-55-23-13-21-51(69(55)75-71(57)63)47-17-9-7-10-18-47)59-40-38-54-62(44(3)4)42-66(60-39-37-53(61)67(59)68(54)60)74(50-35-31-46(6)32-36-50)64-28-16-26-58-56-24-14-22-52(70(56)76-72(58)64)48-19-11-8-12-20-48/h7-44H,1-6H3. The first-order valence-electron chi connectivity index (χ1n) is 26.7. The van der Waals surface area contributed by atoms with Gasteiger partial charge in [-0.2, -0.15) is 0 Å². The van der Waals surface area contributed by atoms with Gasteiger partial charge in [-0.25, -0.2) is 0 Å². The fourth-order valence-corrected chi connectivity index (χ4v) is 12.2. The van der Waals surface area contributed by atoms with E-state index >= 15 is 0 Å². The van der Waals surface area contributed by atoms with Crippen molar-refractivity contribution in [2.75, 3.05) is 9.80 Å². The van der Waals surface area contributed by atoms with Crippen LogP contribution >= 0.6 is 0 Å². The molecule has 14 rings (SSSR count). The highest BCUT2D eigenvalue weighted by Crippen LogP contribution is 2.53. The number of fused-ring (bicyclic) bond motifs is 6. The number of anilines is 6. The van der Waals surface area contributed by atoms with Gasteiger partial charge in [-0.15, -0.1) is 0 Å². The summed E-state index contributed by atoms with van der Waals surface area (Å²) in [6.07, 6.45) is 0. The maximum Gasteiger partial charge on any atom is 0.159 e. The number of benzene rings is 12. The normalized spacial score (nSPS) is 12.1. The van der Waals surface area contributed by atoms with Crippen molar-refractivity contribution in [2.24, 2.45) is 0 Å². The Bertz CT molecular complexity index is 4230. The molecule has 76 heavy (non-hydrogen) atoms. The summed E-state index contributed by atoms with van der Waals surface area (Å²) in [6.45, 7) is 13.6. The van der Waals surface area contributed by atoms with Crippen molar-refractivity contribution in [3.05, 3.63) is 241 Å². The summed E-state index contributed by atoms with van der Waals surface area (Å²) in [7, 11) is 0. The molecule has 2 aromatic heterocycles. The van der Waals surface area contributed by atoms with Crippen LogP contribution in [0.25, 0.3) is 98.4 Å². The Morgan fingerprint density at radius 1 is 0.303 bits per heavy atom. The Kier molecular flexibility index (Phi) is 10.6. The van der Waals surface area contributed by atoms with Gasteiger partial charge in [0.25, 0.3) is 0 Å². The van der Waals surface area contributed by atoms with Crippen molar-refractivity contribution in [3.63, 3.8) is 0 Å². The SMILES string of the molecule is Cc1ccc(N(c2cc(C(C)C)c3ccc4c(N(c5ccc(C)cc5)c5cccc6c5oc5c(-c7ccccc7)cccc56)cc(C(C)C)c5ccc2c3c54)c2cccc3c2oc2c(-c4ccccc4)cccc23)cc1. The first kappa shape index (κ1) is 45.5. The molecule has 2 heterocycles. The average molecular weight is 981 g/mol. The topological polar surface area (TPSA) is 32.8 Å². The van der Waals surface area contributed by atoms with Crippen molar-refractivity contribution in [3.8, 4) is 22.3 Å². The van der Waals surface area contributed by atoms with Gasteiger partial charge in [0, 0.05) is 54.8 Å². The molecule has 12 aromatic carbocycles. The minimum absolute atomic E-state index is 0.221. The van der Waals surface area contributed by atoms with E-state index in [1.807, 2.05) is 0 Å². The van der Waals surface area contributed by atoms with Crippen LogP contribution in [-0.4, -0.2) is 0 Å². The van der Waals surface area contributed by atoms with E-state index in [1.165, 1.54) is 54.6 Å². The highest BCUT2D eigenvalue weighted by atomic mass is 16.3. The summed E-state index contributed by atoms with van der Waals surface area (Å²) >= 11 is 0. The fourth-order valence-electron chi connectivity index (χ4n) is 12.2. The van der Waals surface area contributed by atoms with Crippen molar-refractivity contribution in [2.45, 2.75) is 53.4 Å². The Labute approximate surface area is 443 Å². The van der Waals surface area contributed by atoms with E-state index < -0.39 is 0 Å². The minimum atomic E-state index is 0.221. The predicted molar refractivity (Wildman–Crippen MR) is 323 cm³/mol. The van der Waals surface area contributed by atoms with E-state index in [-0.39, 0.29) is 11.8 Å². The van der Waals surface area contributed by atoms with E-state index in [0.717, 1.165) is 100 Å². The minimum Gasteiger partial charge on any atom is -0.453 e. The molecule has 0 saturated carbocycles. The largest absolute Gasteiger partial charge is 0.453 e. The Morgan fingerprint density at radius 3 is 1.04 bits per heavy atom. The van der Waals surface area contributed by atoms with Gasteiger partial charge >= 0.3 is 0 Å². The first-order chi connectivity index (χ1) is 37.2. The smallest absolute Gasteiger partial charge is 0.159 e. The molecule has 4 heteroatoms. The molecule has 0 unspecified atom stereocenters. The number of para-hydroxylation sites is 4. The van der Waals surface area contributed by atoms with E-state index in [4.69, 9.17) is 8.83 Å². The molecule has 0 atom stereocenters. The van der Waals surface area contributed by atoms with Crippen molar-refractivity contribution >= 4 is 110 Å². The van der Waals surface area contributed by atoms with Crippen LogP contribution in [0.15, 0.2) is 227 Å². The van der Waals surface area contributed by atoms with Gasteiger partial charge in [0.15, 0.2) is 11.2 Å². The molecule has 366 valence electrons. The summed E-state index contributed by atoms with van der Waals surface area (Å²) in [5.74, 6) is 0.441. The van der Waals surface area contributed by atoms with E-state index in [1.54, 1.807) is 0 Å². The predicted octanol–water partition coefficient (Wildman–Crippen LogP) is 21.5. The van der Waals surface area contributed by atoms with Crippen molar-refractivity contribution in [1.82, 2.24) is 0 Å². The van der Waals surface area contributed by atoms with Crippen molar-refractivity contribution in [1.29, 1.82) is 0 Å². The zero-order chi connectivity index (χ0) is 51.3. The molecule has 0 aliphatic heterocycles. The van der Waals surface area contributed by atoms with Gasteiger partial charge in [0.2, 0.25) is 0 Å².